The minimum Gasteiger partial charge on any atom is -0.389 e. The summed E-state index contributed by atoms with van der Waals surface area (Å²) >= 11 is 5.36. The molecule has 0 aliphatic rings. The van der Waals surface area contributed by atoms with Crippen LogP contribution in [-0.4, -0.2) is 36.4 Å². The maximum atomic E-state index is 9.45. The van der Waals surface area contributed by atoms with Crippen molar-refractivity contribution >= 4 is 27.7 Å². The Labute approximate surface area is 110 Å². The van der Waals surface area contributed by atoms with E-state index in [0.717, 1.165) is 22.3 Å². The molecular weight excluding hydrogens is 286 g/mol. The van der Waals surface area contributed by atoms with Crippen LogP contribution in [0.15, 0.2) is 27.6 Å². The molecule has 1 atom stereocenters. The first-order chi connectivity index (χ1) is 7.50. The Kier molecular flexibility index (Phi) is 5.83. The fourth-order valence-electron chi connectivity index (χ4n) is 1.23. The molecule has 0 saturated carbocycles. The fourth-order valence-corrected chi connectivity index (χ4v) is 3.01. The molecule has 0 aliphatic carbocycles. The predicted molar refractivity (Wildman–Crippen MR) is 74.1 cm³/mol. The summed E-state index contributed by atoms with van der Waals surface area (Å²) < 4.78 is 1.06. The topological polar surface area (TPSA) is 23.5 Å². The second-order valence-electron chi connectivity index (χ2n) is 4.02. The van der Waals surface area contributed by atoms with Crippen molar-refractivity contribution in [3.05, 3.63) is 28.2 Å². The SMILES string of the molecule is C[C@H](O)c1ccc(SCCN(C)C)c(Br)c1. The standard InChI is InChI=1S/C12H18BrNOS/c1-9(15)10-4-5-12(11(13)8-10)16-7-6-14(2)3/h4-5,8-9,15H,6-7H2,1-3H3/t9-/m0/s1. The molecule has 1 N–H and O–H groups in total. The number of aliphatic hydroxyl groups is 1. The first-order valence-corrected chi connectivity index (χ1v) is 7.03. The van der Waals surface area contributed by atoms with Crippen molar-refractivity contribution in [2.45, 2.75) is 17.9 Å². The van der Waals surface area contributed by atoms with Crippen LogP contribution in [0, 0.1) is 0 Å². The van der Waals surface area contributed by atoms with Gasteiger partial charge in [0.2, 0.25) is 0 Å². The van der Waals surface area contributed by atoms with Gasteiger partial charge in [-0.1, -0.05) is 6.07 Å². The maximum Gasteiger partial charge on any atom is 0.0762 e. The molecule has 0 heterocycles. The van der Waals surface area contributed by atoms with Gasteiger partial charge in [-0.25, -0.2) is 0 Å². The van der Waals surface area contributed by atoms with Crippen molar-refractivity contribution in [3.63, 3.8) is 0 Å². The number of nitrogens with zero attached hydrogens (tertiary/aromatic N) is 1. The van der Waals surface area contributed by atoms with E-state index in [1.54, 1.807) is 6.92 Å². The Morgan fingerprint density at radius 3 is 2.62 bits per heavy atom. The molecule has 0 radical (unpaired) electrons. The smallest absolute Gasteiger partial charge is 0.0762 e. The first-order valence-electron chi connectivity index (χ1n) is 5.25. The average Bonchev–Trinajstić information content (AvgIpc) is 2.19. The third kappa shape index (κ3) is 4.45. The molecule has 1 rings (SSSR count). The van der Waals surface area contributed by atoms with Crippen LogP contribution in [0.1, 0.15) is 18.6 Å². The lowest BCUT2D eigenvalue weighted by atomic mass is 10.1. The summed E-state index contributed by atoms with van der Waals surface area (Å²) in [7, 11) is 4.15. The monoisotopic (exact) mass is 303 g/mol. The molecule has 0 bridgehead atoms. The van der Waals surface area contributed by atoms with Crippen LogP contribution < -0.4 is 0 Å². The van der Waals surface area contributed by atoms with Crippen LogP contribution in [-0.2, 0) is 0 Å². The Bertz CT molecular complexity index is 342. The zero-order valence-corrected chi connectivity index (χ0v) is 12.3. The lowest BCUT2D eigenvalue weighted by Gasteiger charge is -2.11. The van der Waals surface area contributed by atoms with Gasteiger partial charge in [0.25, 0.3) is 0 Å². The maximum absolute atomic E-state index is 9.45. The largest absolute Gasteiger partial charge is 0.389 e. The summed E-state index contributed by atoms with van der Waals surface area (Å²) in [5, 5.41) is 9.45. The first kappa shape index (κ1) is 14.0. The summed E-state index contributed by atoms with van der Waals surface area (Å²) in [6.07, 6.45) is -0.405. The van der Waals surface area contributed by atoms with Gasteiger partial charge in [-0.05, 0) is 54.6 Å². The van der Waals surface area contributed by atoms with E-state index in [9.17, 15) is 5.11 Å². The van der Waals surface area contributed by atoms with Gasteiger partial charge in [-0.15, -0.1) is 11.8 Å². The van der Waals surface area contributed by atoms with E-state index < -0.39 is 6.10 Å². The summed E-state index contributed by atoms with van der Waals surface area (Å²) in [5.74, 6) is 1.07. The summed E-state index contributed by atoms with van der Waals surface area (Å²) in [6.45, 7) is 2.84. The Morgan fingerprint density at radius 1 is 1.44 bits per heavy atom. The minimum absolute atomic E-state index is 0.405. The lowest BCUT2D eigenvalue weighted by Crippen LogP contribution is -2.14. The van der Waals surface area contributed by atoms with Crippen LogP contribution in [0.2, 0.25) is 0 Å². The molecule has 0 spiro atoms. The Morgan fingerprint density at radius 2 is 2.12 bits per heavy atom. The van der Waals surface area contributed by atoms with Crippen molar-refractivity contribution in [2.24, 2.45) is 0 Å². The second kappa shape index (κ2) is 6.64. The highest BCUT2D eigenvalue weighted by Crippen LogP contribution is 2.29. The van der Waals surface area contributed by atoms with Crippen LogP contribution in [0.25, 0.3) is 0 Å². The normalized spacial score (nSPS) is 13.1. The zero-order chi connectivity index (χ0) is 12.1. The fraction of sp³-hybridized carbons (Fsp3) is 0.500. The van der Waals surface area contributed by atoms with Gasteiger partial charge in [0.1, 0.15) is 0 Å². The molecule has 0 amide bonds. The van der Waals surface area contributed by atoms with Crippen molar-refractivity contribution < 1.29 is 5.11 Å². The van der Waals surface area contributed by atoms with E-state index in [1.807, 2.05) is 23.9 Å². The molecule has 0 aliphatic heterocycles. The third-order valence-corrected chi connectivity index (χ3v) is 4.21. The van der Waals surface area contributed by atoms with Crippen LogP contribution >= 0.6 is 27.7 Å². The molecule has 0 fully saturated rings. The van der Waals surface area contributed by atoms with E-state index in [4.69, 9.17) is 0 Å². The predicted octanol–water partition coefficient (Wildman–Crippen LogP) is 3.16. The van der Waals surface area contributed by atoms with E-state index in [-0.39, 0.29) is 0 Å². The lowest BCUT2D eigenvalue weighted by molar-refractivity contribution is 0.199. The van der Waals surface area contributed by atoms with Crippen LogP contribution in [0.3, 0.4) is 0 Å². The Balaban J connectivity index is 2.61. The number of halogens is 1. The number of benzene rings is 1. The number of hydrogen-bond acceptors (Lipinski definition) is 3. The molecule has 2 nitrogen and oxygen atoms in total. The van der Waals surface area contributed by atoms with Crippen molar-refractivity contribution in [2.75, 3.05) is 26.4 Å². The van der Waals surface area contributed by atoms with Crippen molar-refractivity contribution in [1.29, 1.82) is 0 Å². The van der Waals surface area contributed by atoms with E-state index >= 15 is 0 Å². The molecule has 90 valence electrons. The van der Waals surface area contributed by atoms with Crippen molar-refractivity contribution in [3.8, 4) is 0 Å². The highest BCUT2D eigenvalue weighted by molar-refractivity contribution is 9.10. The van der Waals surface area contributed by atoms with Gasteiger partial charge in [0, 0.05) is 21.7 Å². The van der Waals surface area contributed by atoms with Gasteiger partial charge in [0.15, 0.2) is 0 Å². The molecular formula is C12H18BrNOS. The molecule has 0 saturated heterocycles. The Hall–Kier alpha value is -0.0300. The number of rotatable bonds is 5. The third-order valence-electron chi connectivity index (χ3n) is 2.23. The van der Waals surface area contributed by atoms with Crippen molar-refractivity contribution in [1.82, 2.24) is 4.90 Å². The van der Waals surface area contributed by atoms with Crippen LogP contribution in [0.5, 0.6) is 0 Å². The molecule has 0 unspecified atom stereocenters. The highest BCUT2D eigenvalue weighted by atomic mass is 79.9. The van der Waals surface area contributed by atoms with E-state index in [1.165, 1.54) is 4.90 Å². The van der Waals surface area contributed by atoms with E-state index in [0.29, 0.717) is 0 Å². The van der Waals surface area contributed by atoms with Gasteiger partial charge in [-0.3, -0.25) is 0 Å². The number of thioether (sulfide) groups is 1. The van der Waals surface area contributed by atoms with Gasteiger partial charge >= 0.3 is 0 Å². The summed E-state index contributed by atoms with van der Waals surface area (Å²) in [6, 6.07) is 6.03. The summed E-state index contributed by atoms with van der Waals surface area (Å²) in [4.78, 5) is 3.40. The number of aliphatic hydroxyl groups excluding tert-OH is 1. The molecule has 0 aromatic heterocycles. The molecule has 1 aromatic rings. The molecule has 4 heteroatoms. The van der Waals surface area contributed by atoms with Crippen LogP contribution in [0.4, 0.5) is 0 Å². The highest BCUT2D eigenvalue weighted by Gasteiger charge is 2.05. The quantitative estimate of drug-likeness (QED) is 0.845. The summed E-state index contributed by atoms with van der Waals surface area (Å²) in [5.41, 5.74) is 0.948. The molecule has 16 heavy (non-hydrogen) atoms. The molecule has 1 aromatic carbocycles. The zero-order valence-electron chi connectivity index (χ0n) is 9.90. The van der Waals surface area contributed by atoms with Gasteiger partial charge in [0.05, 0.1) is 6.10 Å². The minimum atomic E-state index is -0.405. The van der Waals surface area contributed by atoms with Gasteiger partial charge < -0.3 is 10.0 Å². The average molecular weight is 304 g/mol. The van der Waals surface area contributed by atoms with Gasteiger partial charge in [-0.2, -0.15) is 0 Å². The number of hydrogen-bond donors (Lipinski definition) is 1. The second-order valence-corrected chi connectivity index (χ2v) is 6.01. The van der Waals surface area contributed by atoms with E-state index in [2.05, 4.69) is 41.0 Å².